The summed E-state index contributed by atoms with van der Waals surface area (Å²) in [6.07, 6.45) is 4.67. The Morgan fingerprint density at radius 3 is 1.34 bits per heavy atom. The van der Waals surface area contributed by atoms with E-state index in [2.05, 4.69) is 65.8 Å². The van der Waals surface area contributed by atoms with Gasteiger partial charge in [0.2, 0.25) is 0 Å². The van der Waals surface area contributed by atoms with Gasteiger partial charge in [-0.2, -0.15) is 0 Å². The van der Waals surface area contributed by atoms with E-state index in [9.17, 15) is 0 Å². The number of hydrogen-bond acceptors (Lipinski definition) is 2. The van der Waals surface area contributed by atoms with E-state index in [0.717, 1.165) is 24.3 Å². The fourth-order valence-corrected chi connectivity index (χ4v) is 3.55. The summed E-state index contributed by atoms with van der Waals surface area (Å²) < 4.78 is 12.1. The maximum atomic E-state index is 6.05. The Bertz CT molecular complexity index is 685. The van der Waals surface area contributed by atoms with Crippen molar-refractivity contribution in [2.24, 2.45) is 0 Å². The molecule has 2 aromatic rings. The molecule has 0 unspecified atom stereocenters. The molecule has 0 aliphatic rings. The van der Waals surface area contributed by atoms with E-state index in [-0.39, 0.29) is 22.3 Å². The second-order valence-corrected chi connectivity index (χ2v) is 7.27. The van der Waals surface area contributed by atoms with Gasteiger partial charge in [-0.05, 0) is 80.3 Å². The van der Waals surface area contributed by atoms with Gasteiger partial charge in [-0.25, -0.2) is 0 Å². The molecular weight excluding hydrogens is 356 g/mol. The summed E-state index contributed by atoms with van der Waals surface area (Å²) in [5.74, 6) is 2.00. The number of ether oxygens (including phenoxy) is 2. The molecule has 0 aliphatic carbocycles. The molecule has 2 nitrogen and oxygen atoms in total. The van der Waals surface area contributed by atoms with Gasteiger partial charge >= 0.3 is 0 Å². The Hall–Kier alpha value is -1.96. The minimum Gasteiger partial charge on any atom is -0.489 e. The Labute approximate surface area is 181 Å². The molecule has 2 rings (SSSR count). The molecule has 2 aromatic carbocycles. The van der Waals surface area contributed by atoms with E-state index >= 15 is 0 Å². The summed E-state index contributed by atoms with van der Waals surface area (Å²) in [5.41, 5.74) is 7.61. The molecule has 0 saturated heterocycles. The summed E-state index contributed by atoms with van der Waals surface area (Å²) in [6, 6.07) is 8.95. The molecule has 0 amide bonds. The van der Waals surface area contributed by atoms with E-state index in [4.69, 9.17) is 9.47 Å². The molecule has 0 aromatic heterocycles. The van der Waals surface area contributed by atoms with Crippen molar-refractivity contribution >= 4 is 0 Å². The highest BCUT2D eigenvalue weighted by Crippen LogP contribution is 2.27. The lowest BCUT2D eigenvalue weighted by molar-refractivity contribution is 0.214. The van der Waals surface area contributed by atoms with Crippen molar-refractivity contribution in [1.82, 2.24) is 0 Å². The van der Waals surface area contributed by atoms with Crippen LogP contribution in [0.4, 0.5) is 0 Å². The van der Waals surface area contributed by atoms with Gasteiger partial charge in [-0.1, -0.05) is 66.8 Å². The molecule has 0 spiro atoms. The van der Waals surface area contributed by atoms with E-state index in [1.54, 1.807) is 0 Å². The smallest absolute Gasteiger partial charge is 0.125 e. The molecule has 0 fully saturated rings. The van der Waals surface area contributed by atoms with E-state index in [0.29, 0.717) is 13.2 Å². The lowest BCUT2D eigenvalue weighted by Crippen LogP contribution is -2.12. The lowest BCUT2D eigenvalue weighted by Gasteiger charge is -2.16. The van der Waals surface area contributed by atoms with Crippen LogP contribution in [-0.2, 0) is 12.8 Å². The zero-order valence-electron chi connectivity index (χ0n) is 17.4. The van der Waals surface area contributed by atoms with Crippen molar-refractivity contribution in [2.75, 3.05) is 13.2 Å². The molecule has 0 aliphatic heterocycles. The quantitative estimate of drug-likeness (QED) is 0.394. The van der Waals surface area contributed by atoms with Gasteiger partial charge in [0.1, 0.15) is 24.7 Å². The maximum Gasteiger partial charge on any atom is 0.125 e. The van der Waals surface area contributed by atoms with Crippen LogP contribution in [0.1, 0.15) is 82.3 Å². The van der Waals surface area contributed by atoms with E-state index < -0.39 is 0 Å². The number of unbranched alkanes of at least 4 members (excludes halogenated alkanes) is 1. The summed E-state index contributed by atoms with van der Waals surface area (Å²) in [6.45, 7) is 14.0. The Morgan fingerprint density at radius 2 is 1.00 bits per heavy atom. The van der Waals surface area contributed by atoms with Crippen molar-refractivity contribution in [1.29, 1.82) is 0 Å². The van der Waals surface area contributed by atoms with Crippen molar-refractivity contribution in [3.63, 3.8) is 0 Å². The SMILES string of the molecule is C.C.C.CCCCc1cc(C)c(OCCOc2c(C)cc(CC)cc2C)c(C)c1. The van der Waals surface area contributed by atoms with Crippen molar-refractivity contribution in [3.05, 3.63) is 57.6 Å². The minimum atomic E-state index is 0. The molecule has 2 heteroatoms. The number of benzene rings is 2. The third-order valence-electron chi connectivity index (χ3n) is 4.84. The van der Waals surface area contributed by atoms with Crippen LogP contribution in [0.3, 0.4) is 0 Å². The lowest BCUT2D eigenvalue weighted by atomic mass is 10.0. The fourth-order valence-electron chi connectivity index (χ4n) is 3.55. The summed E-state index contributed by atoms with van der Waals surface area (Å²) in [5, 5.41) is 0. The molecule has 29 heavy (non-hydrogen) atoms. The average Bonchev–Trinajstić information content (AvgIpc) is 2.60. The van der Waals surface area contributed by atoms with Gasteiger partial charge < -0.3 is 9.47 Å². The molecule has 0 N–H and O–H groups in total. The first-order valence-corrected chi connectivity index (χ1v) is 9.92. The van der Waals surface area contributed by atoms with E-state index in [1.165, 1.54) is 46.2 Å². The van der Waals surface area contributed by atoms with Crippen molar-refractivity contribution < 1.29 is 9.47 Å². The van der Waals surface area contributed by atoms with Gasteiger partial charge in [-0.3, -0.25) is 0 Å². The Kier molecular flexibility index (Phi) is 14.2. The van der Waals surface area contributed by atoms with Gasteiger partial charge in [0.25, 0.3) is 0 Å². The highest BCUT2D eigenvalue weighted by molar-refractivity contribution is 5.44. The molecule has 0 saturated carbocycles. The number of rotatable bonds is 9. The molecule has 0 heterocycles. The monoisotopic (exact) mass is 402 g/mol. The largest absolute Gasteiger partial charge is 0.489 e. The van der Waals surface area contributed by atoms with Crippen LogP contribution < -0.4 is 9.47 Å². The minimum absolute atomic E-state index is 0. The first kappa shape index (κ1) is 29.2. The Balaban J connectivity index is 0. The van der Waals surface area contributed by atoms with Crippen LogP contribution in [0.2, 0.25) is 0 Å². The van der Waals surface area contributed by atoms with Gasteiger partial charge in [0.15, 0.2) is 0 Å². The molecule has 166 valence electrons. The van der Waals surface area contributed by atoms with Crippen molar-refractivity contribution in [3.8, 4) is 11.5 Å². The van der Waals surface area contributed by atoms with Crippen LogP contribution in [0.5, 0.6) is 11.5 Å². The summed E-state index contributed by atoms with van der Waals surface area (Å²) in [4.78, 5) is 0. The van der Waals surface area contributed by atoms with Gasteiger partial charge in [-0.15, -0.1) is 0 Å². The predicted molar refractivity (Wildman–Crippen MR) is 131 cm³/mol. The molecule has 0 radical (unpaired) electrons. The highest BCUT2D eigenvalue weighted by atomic mass is 16.5. The predicted octanol–water partition coefficient (Wildman–Crippen LogP) is 8.19. The third kappa shape index (κ3) is 8.12. The second-order valence-electron chi connectivity index (χ2n) is 7.27. The van der Waals surface area contributed by atoms with Crippen LogP contribution >= 0.6 is 0 Å². The van der Waals surface area contributed by atoms with Crippen LogP contribution in [-0.4, -0.2) is 13.2 Å². The van der Waals surface area contributed by atoms with E-state index in [1.807, 2.05) is 0 Å². The fraction of sp³-hybridized carbons (Fsp3) is 0.556. The van der Waals surface area contributed by atoms with Crippen molar-refractivity contribution in [2.45, 2.75) is 89.5 Å². The topological polar surface area (TPSA) is 18.5 Å². The molecule has 0 bridgehead atoms. The second kappa shape index (κ2) is 14.1. The third-order valence-corrected chi connectivity index (χ3v) is 4.84. The summed E-state index contributed by atoms with van der Waals surface area (Å²) in [7, 11) is 0. The van der Waals surface area contributed by atoms with Crippen LogP contribution in [0.15, 0.2) is 24.3 Å². The first-order valence-electron chi connectivity index (χ1n) is 9.92. The first-order chi connectivity index (χ1) is 12.5. The standard InChI is InChI=1S/C24H34O2.3CH4/c1-7-9-10-22-15-19(5)24(20(6)16-22)26-12-11-25-23-17(3)13-21(8-2)14-18(23)4;;;/h13-16H,7-12H2,1-6H3;3*1H4. The Morgan fingerprint density at radius 1 is 0.621 bits per heavy atom. The zero-order valence-corrected chi connectivity index (χ0v) is 17.4. The number of aryl methyl sites for hydroxylation is 6. The summed E-state index contributed by atoms with van der Waals surface area (Å²) >= 11 is 0. The van der Waals surface area contributed by atoms with Crippen LogP contribution in [0.25, 0.3) is 0 Å². The molecule has 0 atom stereocenters. The zero-order chi connectivity index (χ0) is 19.1. The average molecular weight is 403 g/mol. The normalized spacial score (nSPS) is 9.72. The van der Waals surface area contributed by atoms with Crippen LogP contribution in [0, 0.1) is 27.7 Å². The highest BCUT2D eigenvalue weighted by Gasteiger charge is 2.09. The number of hydrogen-bond donors (Lipinski definition) is 0. The van der Waals surface area contributed by atoms with Gasteiger partial charge in [0.05, 0.1) is 0 Å². The molecular formula is C27H46O2. The maximum absolute atomic E-state index is 6.05. The van der Waals surface area contributed by atoms with Gasteiger partial charge in [0, 0.05) is 0 Å².